The van der Waals surface area contributed by atoms with Gasteiger partial charge in [-0.3, -0.25) is 4.55 Å². The molecule has 0 spiro atoms. The summed E-state index contributed by atoms with van der Waals surface area (Å²) in [5.74, 6) is 1.14. The molecule has 114 valence electrons. The molecule has 1 atom stereocenters. The van der Waals surface area contributed by atoms with Gasteiger partial charge in [0.15, 0.2) is 0 Å². The Hall–Kier alpha value is -0.760. The van der Waals surface area contributed by atoms with Gasteiger partial charge in [0.05, 0.1) is 0 Å². The molecule has 1 aromatic rings. The first kappa shape index (κ1) is 17.3. The van der Waals surface area contributed by atoms with E-state index in [-0.39, 0.29) is 6.10 Å². The zero-order valence-corrected chi connectivity index (χ0v) is 13.3. The lowest BCUT2D eigenvalue weighted by Crippen LogP contribution is -2.32. The van der Waals surface area contributed by atoms with E-state index in [1.807, 2.05) is 38.1 Å². The molecule has 0 saturated carbocycles. The fourth-order valence-electron chi connectivity index (χ4n) is 1.56. The van der Waals surface area contributed by atoms with Gasteiger partial charge in [-0.05, 0) is 36.3 Å². The molecule has 0 aliphatic heterocycles. The Balaban J connectivity index is 2.27. The Morgan fingerprint density at radius 1 is 1.35 bits per heavy atom. The van der Waals surface area contributed by atoms with Gasteiger partial charge in [-0.25, -0.2) is 0 Å². The SMILES string of the molecule is CCC(CNCCSS(=O)(=O)O)Oc1ccc(C)cc1. The van der Waals surface area contributed by atoms with Gasteiger partial charge < -0.3 is 10.1 Å². The summed E-state index contributed by atoms with van der Waals surface area (Å²) >= 11 is 0. The van der Waals surface area contributed by atoms with Crippen molar-refractivity contribution in [3.63, 3.8) is 0 Å². The number of nitrogens with one attached hydrogen (secondary N) is 1. The fourth-order valence-corrected chi connectivity index (χ4v) is 2.88. The second-order valence-corrected chi connectivity index (χ2v) is 7.89. The van der Waals surface area contributed by atoms with E-state index >= 15 is 0 Å². The van der Waals surface area contributed by atoms with Crippen LogP contribution in [0.15, 0.2) is 24.3 Å². The summed E-state index contributed by atoms with van der Waals surface area (Å²) in [6.45, 7) is 5.19. The smallest absolute Gasteiger partial charge is 0.319 e. The third-order valence-corrected chi connectivity index (χ3v) is 4.72. The maximum atomic E-state index is 10.5. The molecule has 0 radical (unpaired) electrons. The van der Waals surface area contributed by atoms with Crippen molar-refractivity contribution in [3.8, 4) is 5.75 Å². The van der Waals surface area contributed by atoms with Gasteiger partial charge in [0.2, 0.25) is 0 Å². The summed E-state index contributed by atoms with van der Waals surface area (Å²) in [7, 11) is -3.41. The van der Waals surface area contributed by atoms with Crippen LogP contribution in [0.2, 0.25) is 0 Å². The lowest BCUT2D eigenvalue weighted by molar-refractivity contribution is 0.194. The summed E-state index contributed by atoms with van der Waals surface area (Å²) < 4.78 is 35.4. The lowest BCUT2D eigenvalue weighted by atomic mass is 10.2. The summed E-state index contributed by atoms with van der Waals surface area (Å²) in [6, 6.07) is 7.87. The molecule has 0 aliphatic rings. The van der Waals surface area contributed by atoms with Crippen LogP contribution in [-0.4, -0.2) is 37.9 Å². The molecular weight excluding hydrogens is 298 g/mol. The second-order valence-electron chi connectivity index (χ2n) is 4.41. The number of hydrogen-bond acceptors (Lipinski definition) is 5. The first-order valence-electron chi connectivity index (χ1n) is 6.46. The topological polar surface area (TPSA) is 75.6 Å². The average molecular weight is 319 g/mol. The van der Waals surface area contributed by atoms with Gasteiger partial charge in [-0.15, -0.1) is 0 Å². The maximum Gasteiger partial charge on any atom is 0.319 e. The predicted molar refractivity (Wildman–Crippen MR) is 82.8 cm³/mol. The van der Waals surface area contributed by atoms with Crippen LogP contribution >= 0.6 is 10.8 Å². The molecule has 2 N–H and O–H groups in total. The van der Waals surface area contributed by atoms with Crippen LogP contribution in [-0.2, 0) is 9.15 Å². The van der Waals surface area contributed by atoms with Crippen molar-refractivity contribution in [2.24, 2.45) is 0 Å². The third-order valence-electron chi connectivity index (χ3n) is 2.66. The Morgan fingerprint density at radius 3 is 2.55 bits per heavy atom. The maximum absolute atomic E-state index is 10.5. The highest BCUT2D eigenvalue weighted by atomic mass is 33.1. The van der Waals surface area contributed by atoms with Gasteiger partial charge in [0, 0.05) is 18.8 Å². The monoisotopic (exact) mass is 319 g/mol. The Kier molecular flexibility index (Phi) is 7.36. The minimum Gasteiger partial charge on any atom is -0.489 e. The molecule has 0 amide bonds. The zero-order valence-electron chi connectivity index (χ0n) is 11.7. The van der Waals surface area contributed by atoms with Crippen molar-refractivity contribution < 1.29 is 17.7 Å². The molecule has 1 aromatic carbocycles. The van der Waals surface area contributed by atoms with E-state index in [1.165, 1.54) is 5.56 Å². The molecule has 7 heteroatoms. The third kappa shape index (κ3) is 7.74. The van der Waals surface area contributed by atoms with Crippen molar-refractivity contribution in [2.45, 2.75) is 26.4 Å². The number of aryl methyl sites for hydroxylation is 1. The van der Waals surface area contributed by atoms with Gasteiger partial charge in [-0.2, -0.15) is 8.42 Å². The summed E-state index contributed by atoms with van der Waals surface area (Å²) in [4.78, 5) is 0. The molecule has 1 unspecified atom stereocenters. The molecule has 0 saturated heterocycles. The van der Waals surface area contributed by atoms with Crippen molar-refractivity contribution in [1.82, 2.24) is 5.32 Å². The summed E-state index contributed by atoms with van der Waals surface area (Å²) in [5, 5.41) is 3.12. The molecule has 0 aromatic heterocycles. The van der Waals surface area contributed by atoms with E-state index in [0.29, 0.717) is 29.6 Å². The van der Waals surface area contributed by atoms with Crippen LogP contribution in [0.3, 0.4) is 0 Å². The molecule has 0 aliphatic carbocycles. The molecule has 5 nitrogen and oxygen atoms in total. The number of ether oxygens (including phenoxy) is 1. The highest BCUT2D eigenvalue weighted by Crippen LogP contribution is 2.14. The Labute approximate surface area is 124 Å². The van der Waals surface area contributed by atoms with Crippen molar-refractivity contribution in [1.29, 1.82) is 0 Å². The summed E-state index contributed by atoms with van der Waals surface area (Å²) in [5.41, 5.74) is 1.19. The van der Waals surface area contributed by atoms with Crippen molar-refractivity contribution in [3.05, 3.63) is 29.8 Å². The highest BCUT2D eigenvalue weighted by Gasteiger charge is 2.08. The lowest BCUT2D eigenvalue weighted by Gasteiger charge is -2.18. The van der Waals surface area contributed by atoms with Crippen molar-refractivity contribution >= 4 is 19.9 Å². The average Bonchev–Trinajstić information content (AvgIpc) is 2.38. The first-order valence-corrected chi connectivity index (χ1v) is 9.41. The number of benzene rings is 1. The molecule has 0 heterocycles. The minimum absolute atomic E-state index is 0.0356. The van der Waals surface area contributed by atoms with Crippen LogP contribution in [0.25, 0.3) is 0 Å². The Bertz CT molecular complexity index is 488. The van der Waals surface area contributed by atoms with E-state index in [9.17, 15) is 8.42 Å². The van der Waals surface area contributed by atoms with E-state index in [0.717, 1.165) is 12.2 Å². The molecule has 1 rings (SSSR count). The normalized spacial score (nSPS) is 13.2. The molecular formula is C13H21NO4S2. The quantitative estimate of drug-likeness (QED) is 0.413. The molecule has 0 fully saturated rings. The zero-order chi connectivity index (χ0) is 15.0. The van der Waals surface area contributed by atoms with E-state index < -0.39 is 9.15 Å². The number of rotatable bonds is 9. The molecule has 0 bridgehead atoms. The molecule has 20 heavy (non-hydrogen) atoms. The second kappa shape index (κ2) is 8.51. The van der Waals surface area contributed by atoms with Gasteiger partial charge >= 0.3 is 9.15 Å². The van der Waals surface area contributed by atoms with E-state index in [1.54, 1.807) is 0 Å². The van der Waals surface area contributed by atoms with Crippen LogP contribution < -0.4 is 10.1 Å². The van der Waals surface area contributed by atoms with Crippen LogP contribution in [0.1, 0.15) is 18.9 Å². The largest absolute Gasteiger partial charge is 0.489 e. The van der Waals surface area contributed by atoms with Gasteiger partial charge in [0.1, 0.15) is 11.9 Å². The standard InChI is InChI=1S/C13H21NO4S2/c1-3-12(10-14-8-9-19-20(15,16)17)18-13-6-4-11(2)5-7-13/h4-7,12,14H,3,8-10H2,1-2H3,(H,15,16,17). The first-order chi connectivity index (χ1) is 9.40. The van der Waals surface area contributed by atoms with Crippen LogP contribution in [0.5, 0.6) is 5.75 Å². The summed E-state index contributed by atoms with van der Waals surface area (Å²) in [6.07, 6.45) is 0.889. The minimum atomic E-state index is -3.94. The fraction of sp³-hybridized carbons (Fsp3) is 0.538. The van der Waals surface area contributed by atoms with Gasteiger partial charge in [0.25, 0.3) is 0 Å². The Morgan fingerprint density at radius 2 is 2.00 bits per heavy atom. The predicted octanol–water partition coefficient (Wildman–Crippen LogP) is 2.28. The van der Waals surface area contributed by atoms with E-state index in [4.69, 9.17) is 9.29 Å². The van der Waals surface area contributed by atoms with Gasteiger partial charge in [-0.1, -0.05) is 24.6 Å². The number of hydrogen-bond donors (Lipinski definition) is 2. The highest BCUT2D eigenvalue weighted by molar-refractivity contribution is 8.69. The van der Waals surface area contributed by atoms with Crippen molar-refractivity contribution in [2.75, 3.05) is 18.8 Å². The van der Waals surface area contributed by atoms with Crippen LogP contribution in [0, 0.1) is 6.92 Å². The van der Waals surface area contributed by atoms with Crippen LogP contribution in [0.4, 0.5) is 0 Å². The van der Waals surface area contributed by atoms with E-state index in [2.05, 4.69) is 5.32 Å².